The first kappa shape index (κ1) is 15.5. The summed E-state index contributed by atoms with van der Waals surface area (Å²) in [5, 5.41) is 3.39. The number of hydrogen-bond acceptors (Lipinski definition) is 2. The van der Waals surface area contributed by atoms with Crippen molar-refractivity contribution in [2.45, 2.75) is 33.4 Å². The topological polar surface area (TPSA) is 21.3 Å². The van der Waals surface area contributed by atoms with Crippen LogP contribution in [0.15, 0.2) is 42.5 Å². The van der Waals surface area contributed by atoms with Gasteiger partial charge >= 0.3 is 0 Å². The number of halogens is 1. The van der Waals surface area contributed by atoms with E-state index in [4.69, 9.17) is 4.74 Å². The number of benzene rings is 2. The first-order chi connectivity index (χ1) is 10.2. The molecular weight excluding hydrogens is 265 g/mol. The number of hydrogen-bond donors (Lipinski definition) is 1. The molecule has 2 aromatic rings. The lowest BCUT2D eigenvalue weighted by Crippen LogP contribution is -2.13. The Labute approximate surface area is 126 Å². The zero-order valence-electron chi connectivity index (χ0n) is 12.7. The predicted octanol–water partition coefficient (Wildman–Crippen LogP) is 4.21. The SMILES string of the molecule is CCCNCc1cccc(COc2ccc(F)cc2C)c1. The van der Waals surface area contributed by atoms with Crippen LogP contribution in [-0.2, 0) is 13.2 Å². The van der Waals surface area contributed by atoms with Crippen molar-refractivity contribution in [2.24, 2.45) is 0 Å². The lowest BCUT2D eigenvalue weighted by atomic mass is 10.1. The summed E-state index contributed by atoms with van der Waals surface area (Å²) in [6, 6.07) is 12.9. The fourth-order valence-corrected chi connectivity index (χ4v) is 2.17. The summed E-state index contributed by atoms with van der Waals surface area (Å²) < 4.78 is 18.8. The third-order valence-electron chi connectivity index (χ3n) is 3.28. The van der Waals surface area contributed by atoms with Crippen LogP contribution in [0.2, 0.25) is 0 Å². The highest BCUT2D eigenvalue weighted by Gasteiger charge is 2.02. The molecule has 0 spiro atoms. The van der Waals surface area contributed by atoms with Crippen molar-refractivity contribution in [3.05, 3.63) is 65.0 Å². The quantitative estimate of drug-likeness (QED) is 0.770. The largest absolute Gasteiger partial charge is 0.489 e. The van der Waals surface area contributed by atoms with Gasteiger partial charge in [-0.3, -0.25) is 0 Å². The molecule has 0 heterocycles. The predicted molar refractivity (Wildman–Crippen MR) is 83.9 cm³/mol. The van der Waals surface area contributed by atoms with Crippen LogP contribution in [0.25, 0.3) is 0 Å². The molecular formula is C18H22FNO. The molecule has 2 aromatic carbocycles. The van der Waals surface area contributed by atoms with Gasteiger partial charge in [0.15, 0.2) is 0 Å². The molecule has 0 atom stereocenters. The number of rotatable bonds is 7. The van der Waals surface area contributed by atoms with E-state index in [1.165, 1.54) is 17.7 Å². The third kappa shape index (κ3) is 4.87. The molecule has 0 aliphatic heterocycles. The number of aryl methyl sites for hydroxylation is 1. The highest BCUT2D eigenvalue weighted by atomic mass is 19.1. The van der Waals surface area contributed by atoms with Crippen molar-refractivity contribution in [2.75, 3.05) is 6.54 Å². The summed E-state index contributed by atoms with van der Waals surface area (Å²) in [6.07, 6.45) is 1.13. The van der Waals surface area contributed by atoms with Gasteiger partial charge in [0.25, 0.3) is 0 Å². The van der Waals surface area contributed by atoms with E-state index in [0.717, 1.165) is 36.4 Å². The van der Waals surface area contributed by atoms with Crippen molar-refractivity contribution in [3.63, 3.8) is 0 Å². The minimum absolute atomic E-state index is 0.233. The summed E-state index contributed by atoms with van der Waals surface area (Å²) in [7, 11) is 0. The number of ether oxygens (including phenoxy) is 1. The van der Waals surface area contributed by atoms with Gasteiger partial charge in [0.1, 0.15) is 18.2 Å². The van der Waals surface area contributed by atoms with Gasteiger partial charge in [-0.1, -0.05) is 31.2 Å². The molecule has 0 bridgehead atoms. The Morgan fingerprint density at radius 1 is 1.10 bits per heavy atom. The van der Waals surface area contributed by atoms with Crippen LogP contribution in [0.5, 0.6) is 5.75 Å². The smallest absolute Gasteiger partial charge is 0.123 e. The molecule has 0 saturated carbocycles. The van der Waals surface area contributed by atoms with Gasteiger partial charge in [-0.05, 0) is 54.8 Å². The lowest BCUT2D eigenvalue weighted by Gasteiger charge is -2.10. The molecule has 3 heteroatoms. The normalized spacial score (nSPS) is 10.6. The molecule has 2 rings (SSSR count). The summed E-state index contributed by atoms with van der Waals surface area (Å²) in [4.78, 5) is 0. The average Bonchev–Trinajstić information content (AvgIpc) is 2.47. The van der Waals surface area contributed by atoms with E-state index in [1.54, 1.807) is 6.07 Å². The molecule has 0 fully saturated rings. The van der Waals surface area contributed by atoms with Gasteiger partial charge in [0.2, 0.25) is 0 Å². The van der Waals surface area contributed by atoms with Crippen LogP contribution in [-0.4, -0.2) is 6.54 Å². The van der Waals surface area contributed by atoms with E-state index in [0.29, 0.717) is 6.61 Å². The van der Waals surface area contributed by atoms with E-state index in [9.17, 15) is 4.39 Å². The molecule has 0 saturated heterocycles. The third-order valence-corrected chi connectivity index (χ3v) is 3.28. The van der Waals surface area contributed by atoms with Crippen molar-refractivity contribution in [3.8, 4) is 5.75 Å². The Morgan fingerprint density at radius 3 is 2.67 bits per heavy atom. The van der Waals surface area contributed by atoms with Gasteiger partial charge in [0.05, 0.1) is 0 Å². The van der Waals surface area contributed by atoms with Gasteiger partial charge in [-0.25, -0.2) is 4.39 Å². The standard InChI is InChI=1S/C18H22FNO/c1-3-9-20-12-15-5-4-6-16(11-15)13-21-18-8-7-17(19)10-14(18)2/h4-8,10-11,20H,3,9,12-13H2,1-2H3. The molecule has 0 radical (unpaired) electrons. The van der Waals surface area contributed by atoms with Crippen molar-refractivity contribution in [1.82, 2.24) is 5.32 Å². The minimum Gasteiger partial charge on any atom is -0.489 e. The first-order valence-corrected chi connectivity index (χ1v) is 7.36. The molecule has 0 unspecified atom stereocenters. The van der Waals surface area contributed by atoms with Crippen molar-refractivity contribution >= 4 is 0 Å². The van der Waals surface area contributed by atoms with Crippen LogP contribution in [0.1, 0.15) is 30.0 Å². The zero-order valence-corrected chi connectivity index (χ0v) is 12.7. The molecule has 0 amide bonds. The zero-order chi connectivity index (χ0) is 15.1. The van der Waals surface area contributed by atoms with Crippen LogP contribution in [0.4, 0.5) is 4.39 Å². The molecule has 2 nitrogen and oxygen atoms in total. The second-order valence-corrected chi connectivity index (χ2v) is 5.20. The Hall–Kier alpha value is -1.87. The fraction of sp³-hybridized carbons (Fsp3) is 0.333. The maximum atomic E-state index is 13.0. The van der Waals surface area contributed by atoms with Crippen LogP contribution in [0, 0.1) is 12.7 Å². The summed E-state index contributed by atoms with van der Waals surface area (Å²) in [5.74, 6) is 0.495. The van der Waals surface area contributed by atoms with E-state index < -0.39 is 0 Å². The highest BCUT2D eigenvalue weighted by molar-refractivity contribution is 5.33. The van der Waals surface area contributed by atoms with E-state index in [-0.39, 0.29) is 5.82 Å². The van der Waals surface area contributed by atoms with E-state index in [2.05, 4.69) is 24.4 Å². The average molecular weight is 287 g/mol. The first-order valence-electron chi connectivity index (χ1n) is 7.36. The maximum absolute atomic E-state index is 13.0. The lowest BCUT2D eigenvalue weighted by molar-refractivity contribution is 0.303. The van der Waals surface area contributed by atoms with Gasteiger partial charge in [-0.2, -0.15) is 0 Å². The van der Waals surface area contributed by atoms with Gasteiger partial charge in [0, 0.05) is 6.54 Å². The van der Waals surface area contributed by atoms with E-state index >= 15 is 0 Å². The van der Waals surface area contributed by atoms with Crippen molar-refractivity contribution < 1.29 is 9.13 Å². The molecule has 0 aliphatic carbocycles. The molecule has 0 aliphatic rings. The van der Waals surface area contributed by atoms with Crippen molar-refractivity contribution in [1.29, 1.82) is 0 Å². The fourth-order valence-electron chi connectivity index (χ4n) is 2.17. The second kappa shape index (κ2) is 7.79. The summed E-state index contributed by atoms with van der Waals surface area (Å²) in [5.41, 5.74) is 3.19. The molecule has 21 heavy (non-hydrogen) atoms. The van der Waals surface area contributed by atoms with Crippen LogP contribution in [0.3, 0.4) is 0 Å². The Kier molecular flexibility index (Phi) is 5.76. The van der Waals surface area contributed by atoms with Crippen LogP contribution >= 0.6 is 0 Å². The van der Waals surface area contributed by atoms with Crippen LogP contribution < -0.4 is 10.1 Å². The highest BCUT2D eigenvalue weighted by Crippen LogP contribution is 2.20. The Balaban J connectivity index is 1.95. The Morgan fingerprint density at radius 2 is 1.90 bits per heavy atom. The van der Waals surface area contributed by atoms with Gasteiger partial charge < -0.3 is 10.1 Å². The summed E-state index contributed by atoms with van der Waals surface area (Å²) >= 11 is 0. The maximum Gasteiger partial charge on any atom is 0.123 e. The Bertz CT molecular complexity index is 583. The second-order valence-electron chi connectivity index (χ2n) is 5.20. The molecule has 0 aromatic heterocycles. The number of nitrogens with one attached hydrogen (secondary N) is 1. The van der Waals surface area contributed by atoms with Gasteiger partial charge in [-0.15, -0.1) is 0 Å². The molecule has 1 N–H and O–H groups in total. The minimum atomic E-state index is -0.233. The monoisotopic (exact) mass is 287 g/mol. The molecule has 112 valence electrons. The summed E-state index contributed by atoms with van der Waals surface area (Å²) in [6.45, 7) is 6.40. The van der Waals surface area contributed by atoms with E-state index in [1.807, 2.05) is 19.1 Å².